The lowest BCUT2D eigenvalue weighted by Gasteiger charge is -2.14. The molecule has 1 aromatic carbocycles. The van der Waals surface area contributed by atoms with Crippen molar-refractivity contribution >= 4 is 11.7 Å². The van der Waals surface area contributed by atoms with Crippen molar-refractivity contribution in [2.24, 2.45) is 5.92 Å². The SMILES string of the molecule is C[C@H]1CC(=O)OC1OCc1ccc(N)cc1. The fourth-order valence-electron chi connectivity index (χ4n) is 1.64. The predicted octanol–water partition coefficient (Wildman–Crippen LogP) is 1.69. The Morgan fingerprint density at radius 3 is 2.69 bits per heavy atom. The van der Waals surface area contributed by atoms with Crippen molar-refractivity contribution in [3.8, 4) is 0 Å². The summed E-state index contributed by atoms with van der Waals surface area (Å²) in [6.07, 6.45) is 0.0249. The summed E-state index contributed by atoms with van der Waals surface area (Å²) in [7, 11) is 0. The van der Waals surface area contributed by atoms with Gasteiger partial charge in [-0.2, -0.15) is 0 Å². The Labute approximate surface area is 94.3 Å². The van der Waals surface area contributed by atoms with Crippen LogP contribution in [0.25, 0.3) is 0 Å². The van der Waals surface area contributed by atoms with Gasteiger partial charge in [0.25, 0.3) is 0 Å². The second-order valence-electron chi connectivity index (χ2n) is 4.09. The van der Waals surface area contributed by atoms with Gasteiger partial charge in [0.1, 0.15) is 0 Å². The molecular formula is C12H15NO3. The predicted molar refractivity (Wildman–Crippen MR) is 59.3 cm³/mol. The number of carbonyl (C=O) groups excluding carboxylic acids is 1. The fraction of sp³-hybridized carbons (Fsp3) is 0.417. The lowest BCUT2D eigenvalue weighted by Crippen LogP contribution is -2.17. The number of nitrogens with two attached hydrogens (primary N) is 1. The van der Waals surface area contributed by atoms with Crippen LogP contribution in [0.2, 0.25) is 0 Å². The number of nitrogen functional groups attached to an aromatic ring is 1. The van der Waals surface area contributed by atoms with E-state index in [0.29, 0.717) is 13.0 Å². The summed E-state index contributed by atoms with van der Waals surface area (Å²) in [6, 6.07) is 7.44. The molecule has 1 heterocycles. The maximum absolute atomic E-state index is 11.0. The van der Waals surface area contributed by atoms with Crippen LogP contribution in [0.15, 0.2) is 24.3 Å². The van der Waals surface area contributed by atoms with Crippen molar-refractivity contribution < 1.29 is 14.3 Å². The molecule has 16 heavy (non-hydrogen) atoms. The minimum atomic E-state index is -0.412. The van der Waals surface area contributed by atoms with Gasteiger partial charge in [-0.1, -0.05) is 19.1 Å². The second kappa shape index (κ2) is 4.53. The summed E-state index contributed by atoms with van der Waals surface area (Å²) in [5.41, 5.74) is 7.32. The second-order valence-corrected chi connectivity index (χ2v) is 4.09. The van der Waals surface area contributed by atoms with E-state index in [1.165, 1.54) is 0 Å². The highest BCUT2D eigenvalue weighted by Gasteiger charge is 2.31. The maximum atomic E-state index is 11.0. The first kappa shape index (κ1) is 11.0. The molecule has 0 amide bonds. The molecule has 1 aromatic rings. The van der Waals surface area contributed by atoms with Crippen molar-refractivity contribution in [1.82, 2.24) is 0 Å². The number of carbonyl (C=O) groups is 1. The number of esters is 1. The molecule has 2 rings (SSSR count). The highest BCUT2D eigenvalue weighted by molar-refractivity contribution is 5.71. The van der Waals surface area contributed by atoms with Crippen LogP contribution in [-0.4, -0.2) is 12.3 Å². The van der Waals surface area contributed by atoms with Crippen LogP contribution in [0.3, 0.4) is 0 Å². The number of anilines is 1. The Balaban J connectivity index is 1.88. The molecule has 0 bridgehead atoms. The first-order valence-electron chi connectivity index (χ1n) is 5.30. The van der Waals surface area contributed by atoms with Gasteiger partial charge in [0.05, 0.1) is 13.0 Å². The van der Waals surface area contributed by atoms with Gasteiger partial charge >= 0.3 is 5.97 Å². The number of ether oxygens (including phenoxy) is 2. The molecule has 0 spiro atoms. The third-order valence-electron chi connectivity index (χ3n) is 2.59. The lowest BCUT2D eigenvalue weighted by molar-refractivity contribution is -0.169. The molecular weight excluding hydrogens is 206 g/mol. The molecule has 0 aromatic heterocycles. The van der Waals surface area contributed by atoms with E-state index < -0.39 is 6.29 Å². The van der Waals surface area contributed by atoms with Crippen LogP contribution in [0, 0.1) is 5.92 Å². The van der Waals surface area contributed by atoms with Gasteiger partial charge in [-0.3, -0.25) is 4.79 Å². The van der Waals surface area contributed by atoms with E-state index in [2.05, 4.69) is 0 Å². The van der Waals surface area contributed by atoms with E-state index in [4.69, 9.17) is 15.2 Å². The largest absolute Gasteiger partial charge is 0.435 e. The summed E-state index contributed by atoms with van der Waals surface area (Å²) in [6.45, 7) is 2.38. The molecule has 1 unspecified atom stereocenters. The lowest BCUT2D eigenvalue weighted by atomic mass is 10.1. The summed E-state index contributed by atoms with van der Waals surface area (Å²) in [5, 5.41) is 0. The molecule has 1 fully saturated rings. The zero-order valence-corrected chi connectivity index (χ0v) is 9.18. The Morgan fingerprint density at radius 1 is 1.44 bits per heavy atom. The van der Waals surface area contributed by atoms with E-state index in [0.717, 1.165) is 11.3 Å². The van der Waals surface area contributed by atoms with Crippen molar-refractivity contribution in [2.75, 3.05) is 5.73 Å². The Morgan fingerprint density at radius 2 is 2.12 bits per heavy atom. The van der Waals surface area contributed by atoms with E-state index in [9.17, 15) is 4.79 Å². The van der Waals surface area contributed by atoms with Crippen molar-refractivity contribution in [2.45, 2.75) is 26.2 Å². The molecule has 2 N–H and O–H groups in total. The Kier molecular flexibility index (Phi) is 3.10. The fourth-order valence-corrected chi connectivity index (χ4v) is 1.64. The quantitative estimate of drug-likeness (QED) is 0.623. The molecule has 1 aliphatic heterocycles. The van der Waals surface area contributed by atoms with E-state index >= 15 is 0 Å². The molecule has 0 aliphatic carbocycles. The van der Waals surface area contributed by atoms with Gasteiger partial charge in [0.15, 0.2) is 0 Å². The van der Waals surface area contributed by atoms with E-state index in [-0.39, 0.29) is 11.9 Å². The summed E-state index contributed by atoms with van der Waals surface area (Å²) >= 11 is 0. The van der Waals surface area contributed by atoms with Gasteiger partial charge < -0.3 is 15.2 Å². The van der Waals surface area contributed by atoms with Crippen LogP contribution in [-0.2, 0) is 20.9 Å². The Bertz CT molecular complexity index is 374. The van der Waals surface area contributed by atoms with Crippen LogP contribution in [0.1, 0.15) is 18.9 Å². The topological polar surface area (TPSA) is 61.5 Å². The third kappa shape index (κ3) is 2.52. The number of benzene rings is 1. The minimum absolute atomic E-state index is 0.126. The molecule has 4 nitrogen and oxygen atoms in total. The molecule has 2 atom stereocenters. The average Bonchev–Trinajstić information content (AvgIpc) is 2.57. The van der Waals surface area contributed by atoms with Crippen LogP contribution in [0.4, 0.5) is 5.69 Å². The third-order valence-corrected chi connectivity index (χ3v) is 2.59. The monoisotopic (exact) mass is 221 g/mol. The van der Waals surface area contributed by atoms with Crippen LogP contribution in [0.5, 0.6) is 0 Å². The first-order valence-corrected chi connectivity index (χ1v) is 5.30. The van der Waals surface area contributed by atoms with Gasteiger partial charge in [-0.05, 0) is 17.7 Å². The van der Waals surface area contributed by atoms with Crippen LogP contribution >= 0.6 is 0 Å². The normalized spacial score (nSPS) is 24.4. The minimum Gasteiger partial charge on any atom is -0.435 e. The van der Waals surface area contributed by atoms with E-state index in [1.807, 2.05) is 31.2 Å². The highest BCUT2D eigenvalue weighted by atomic mass is 16.7. The van der Waals surface area contributed by atoms with Crippen LogP contribution < -0.4 is 5.73 Å². The number of rotatable bonds is 3. The molecule has 0 saturated carbocycles. The molecule has 0 radical (unpaired) electrons. The maximum Gasteiger partial charge on any atom is 0.308 e. The Hall–Kier alpha value is -1.55. The molecule has 86 valence electrons. The summed E-state index contributed by atoms with van der Waals surface area (Å²) in [5.74, 6) is -0.0592. The van der Waals surface area contributed by atoms with Crippen molar-refractivity contribution in [3.63, 3.8) is 0 Å². The standard InChI is InChI=1S/C12H15NO3/c1-8-6-11(14)16-12(8)15-7-9-2-4-10(13)5-3-9/h2-5,8,12H,6-7,13H2,1H3/t8-,12?/m0/s1. The van der Waals surface area contributed by atoms with Crippen molar-refractivity contribution in [3.05, 3.63) is 29.8 Å². The number of hydrogen-bond donors (Lipinski definition) is 1. The van der Waals surface area contributed by atoms with E-state index in [1.54, 1.807) is 0 Å². The number of cyclic esters (lactones) is 1. The summed E-state index contributed by atoms with van der Waals surface area (Å²) < 4.78 is 10.6. The smallest absolute Gasteiger partial charge is 0.308 e. The van der Waals surface area contributed by atoms with Gasteiger partial charge in [0.2, 0.25) is 6.29 Å². The summed E-state index contributed by atoms with van der Waals surface area (Å²) in [4.78, 5) is 11.0. The molecule has 1 aliphatic rings. The molecule has 1 saturated heterocycles. The van der Waals surface area contributed by atoms with Gasteiger partial charge in [-0.15, -0.1) is 0 Å². The van der Waals surface area contributed by atoms with Crippen molar-refractivity contribution in [1.29, 1.82) is 0 Å². The molecule has 4 heteroatoms. The first-order chi connectivity index (χ1) is 7.65. The zero-order chi connectivity index (χ0) is 11.5. The van der Waals surface area contributed by atoms with Gasteiger partial charge in [0, 0.05) is 11.6 Å². The number of hydrogen-bond acceptors (Lipinski definition) is 4. The highest BCUT2D eigenvalue weighted by Crippen LogP contribution is 2.23. The van der Waals surface area contributed by atoms with Gasteiger partial charge in [-0.25, -0.2) is 0 Å². The average molecular weight is 221 g/mol. The zero-order valence-electron chi connectivity index (χ0n) is 9.18.